The molecule has 0 saturated heterocycles. The van der Waals surface area contributed by atoms with Crippen molar-refractivity contribution < 1.29 is 27.4 Å². The second-order valence-electron chi connectivity index (χ2n) is 4.24. The lowest BCUT2D eigenvalue weighted by Gasteiger charge is -2.11. The van der Waals surface area contributed by atoms with Crippen LogP contribution in [-0.2, 0) is 4.79 Å². The Kier molecular flexibility index (Phi) is 6.75. The normalized spacial score (nSPS) is 11.5. The van der Waals surface area contributed by atoms with Gasteiger partial charge in [0.2, 0.25) is 5.91 Å². The standard InChI is InChI=1S/C15H18F3NO3/c1-3-21-12-7-5-11(9-13(12)22-4-2)6-8-14(20)19-10-15(16,17)18/h5-9H,3-4,10H2,1-2H3,(H,19,20)/b8-6+. The second-order valence-corrected chi connectivity index (χ2v) is 4.24. The van der Waals surface area contributed by atoms with E-state index in [1.807, 2.05) is 13.8 Å². The number of carbonyl (C=O) groups is 1. The molecule has 0 unspecified atom stereocenters. The molecular formula is C15H18F3NO3. The number of hydrogen-bond donors (Lipinski definition) is 1. The van der Waals surface area contributed by atoms with Crippen LogP contribution in [0.3, 0.4) is 0 Å². The van der Waals surface area contributed by atoms with Crippen molar-refractivity contribution in [1.82, 2.24) is 5.32 Å². The lowest BCUT2D eigenvalue weighted by atomic mass is 10.2. The first-order valence-electron chi connectivity index (χ1n) is 6.78. The summed E-state index contributed by atoms with van der Waals surface area (Å²) < 4.78 is 46.7. The Balaban J connectivity index is 2.74. The highest BCUT2D eigenvalue weighted by Gasteiger charge is 2.27. The highest BCUT2D eigenvalue weighted by molar-refractivity contribution is 5.91. The zero-order valence-corrected chi connectivity index (χ0v) is 12.4. The van der Waals surface area contributed by atoms with E-state index in [2.05, 4.69) is 0 Å². The van der Waals surface area contributed by atoms with Gasteiger partial charge in [0.25, 0.3) is 0 Å². The van der Waals surface area contributed by atoms with Crippen LogP contribution in [0.25, 0.3) is 6.08 Å². The molecular weight excluding hydrogens is 299 g/mol. The van der Waals surface area contributed by atoms with E-state index < -0.39 is 18.6 Å². The summed E-state index contributed by atoms with van der Waals surface area (Å²) in [6.07, 6.45) is -1.98. The Morgan fingerprint density at radius 1 is 1.18 bits per heavy atom. The van der Waals surface area contributed by atoms with Crippen LogP contribution in [0.15, 0.2) is 24.3 Å². The fraction of sp³-hybridized carbons (Fsp3) is 0.400. The Labute approximate surface area is 126 Å². The number of alkyl halides is 3. The molecule has 0 fully saturated rings. The predicted octanol–water partition coefficient (Wildman–Crippen LogP) is 3.18. The molecule has 0 atom stereocenters. The van der Waals surface area contributed by atoms with E-state index in [0.717, 1.165) is 6.08 Å². The predicted molar refractivity (Wildman–Crippen MR) is 76.9 cm³/mol. The zero-order chi connectivity index (χ0) is 16.6. The largest absolute Gasteiger partial charge is 0.490 e. The van der Waals surface area contributed by atoms with Gasteiger partial charge in [0.1, 0.15) is 6.54 Å². The average molecular weight is 317 g/mol. The van der Waals surface area contributed by atoms with Crippen molar-refractivity contribution in [3.8, 4) is 11.5 Å². The lowest BCUT2D eigenvalue weighted by Crippen LogP contribution is -2.32. The van der Waals surface area contributed by atoms with Crippen molar-refractivity contribution in [2.45, 2.75) is 20.0 Å². The van der Waals surface area contributed by atoms with Gasteiger partial charge in [0, 0.05) is 6.08 Å². The second kappa shape index (κ2) is 8.31. The highest BCUT2D eigenvalue weighted by atomic mass is 19.4. The maximum Gasteiger partial charge on any atom is 0.405 e. The quantitative estimate of drug-likeness (QED) is 0.786. The van der Waals surface area contributed by atoms with Crippen LogP contribution in [0.2, 0.25) is 0 Å². The van der Waals surface area contributed by atoms with E-state index in [4.69, 9.17) is 9.47 Å². The number of halogens is 3. The summed E-state index contributed by atoms with van der Waals surface area (Å²) in [6.45, 7) is 3.23. The number of nitrogens with one attached hydrogen (secondary N) is 1. The van der Waals surface area contributed by atoms with Gasteiger partial charge in [-0.1, -0.05) is 6.07 Å². The summed E-state index contributed by atoms with van der Waals surface area (Å²) in [5.41, 5.74) is 0.620. The number of rotatable bonds is 7. The Morgan fingerprint density at radius 2 is 1.82 bits per heavy atom. The topological polar surface area (TPSA) is 47.6 Å². The smallest absolute Gasteiger partial charge is 0.405 e. The van der Waals surface area contributed by atoms with Crippen LogP contribution in [0.1, 0.15) is 19.4 Å². The van der Waals surface area contributed by atoms with Crippen LogP contribution in [0, 0.1) is 0 Å². The Bertz CT molecular complexity index is 527. The van der Waals surface area contributed by atoms with E-state index in [0.29, 0.717) is 30.3 Å². The first-order chi connectivity index (χ1) is 10.4. The molecule has 7 heteroatoms. The van der Waals surface area contributed by atoms with E-state index in [1.165, 1.54) is 6.08 Å². The van der Waals surface area contributed by atoms with Gasteiger partial charge in [-0.25, -0.2) is 0 Å². The summed E-state index contributed by atoms with van der Waals surface area (Å²) in [6, 6.07) is 5.02. The van der Waals surface area contributed by atoms with Crippen molar-refractivity contribution >= 4 is 12.0 Å². The van der Waals surface area contributed by atoms with Gasteiger partial charge in [-0.2, -0.15) is 13.2 Å². The molecule has 1 amide bonds. The van der Waals surface area contributed by atoms with Gasteiger partial charge in [0.05, 0.1) is 13.2 Å². The molecule has 1 aromatic carbocycles. The SMILES string of the molecule is CCOc1ccc(/C=C/C(=O)NCC(F)(F)F)cc1OCC. The Hall–Kier alpha value is -2.18. The van der Waals surface area contributed by atoms with Crippen LogP contribution in [0.5, 0.6) is 11.5 Å². The van der Waals surface area contributed by atoms with E-state index >= 15 is 0 Å². The van der Waals surface area contributed by atoms with Crippen molar-refractivity contribution in [2.75, 3.05) is 19.8 Å². The Morgan fingerprint density at radius 3 is 2.41 bits per heavy atom. The third-order valence-corrected chi connectivity index (χ3v) is 2.46. The number of benzene rings is 1. The van der Waals surface area contributed by atoms with Crippen LogP contribution >= 0.6 is 0 Å². The molecule has 0 aliphatic rings. The molecule has 1 N–H and O–H groups in total. The molecule has 0 spiro atoms. The molecule has 0 bridgehead atoms. The molecule has 0 saturated carbocycles. The molecule has 4 nitrogen and oxygen atoms in total. The number of hydrogen-bond acceptors (Lipinski definition) is 3. The zero-order valence-electron chi connectivity index (χ0n) is 12.4. The number of carbonyl (C=O) groups excluding carboxylic acids is 1. The van der Waals surface area contributed by atoms with Gasteiger partial charge in [-0.15, -0.1) is 0 Å². The molecule has 0 heterocycles. The number of ether oxygens (including phenoxy) is 2. The van der Waals surface area contributed by atoms with E-state index in [1.54, 1.807) is 23.5 Å². The first kappa shape index (κ1) is 17.9. The van der Waals surface area contributed by atoms with Crippen LogP contribution < -0.4 is 14.8 Å². The van der Waals surface area contributed by atoms with Gasteiger partial charge < -0.3 is 14.8 Å². The minimum absolute atomic E-state index is 0.444. The van der Waals surface area contributed by atoms with Crippen molar-refractivity contribution in [3.63, 3.8) is 0 Å². The van der Waals surface area contributed by atoms with Crippen molar-refractivity contribution in [1.29, 1.82) is 0 Å². The average Bonchev–Trinajstić information content (AvgIpc) is 2.45. The summed E-state index contributed by atoms with van der Waals surface area (Å²) in [5.74, 6) is 0.273. The maximum absolute atomic E-state index is 12.0. The van der Waals surface area contributed by atoms with E-state index in [9.17, 15) is 18.0 Å². The van der Waals surface area contributed by atoms with Gasteiger partial charge in [-0.05, 0) is 37.6 Å². The van der Waals surface area contributed by atoms with E-state index in [-0.39, 0.29) is 0 Å². The lowest BCUT2D eigenvalue weighted by molar-refractivity contribution is -0.135. The first-order valence-corrected chi connectivity index (χ1v) is 6.78. The highest BCUT2D eigenvalue weighted by Crippen LogP contribution is 2.28. The molecule has 0 aromatic heterocycles. The summed E-state index contributed by atoms with van der Waals surface area (Å²) >= 11 is 0. The maximum atomic E-state index is 12.0. The van der Waals surface area contributed by atoms with Gasteiger partial charge in [-0.3, -0.25) is 4.79 Å². The molecule has 0 aliphatic carbocycles. The molecule has 0 aliphatic heterocycles. The fourth-order valence-corrected chi connectivity index (χ4v) is 1.59. The van der Waals surface area contributed by atoms with Gasteiger partial charge in [0.15, 0.2) is 11.5 Å². The van der Waals surface area contributed by atoms with Crippen molar-refractivity contribution in [3.05, 3.63) is 29.8 Å². The minimum Gasteiger partial charge on any atom is -0.490 e. The fourth-order valence-electron chi connectivity index (χ4n) is 1.59. The molecule has 0 radical (unpaired) electrons. The number of amides is 1. The summed E-state index contributed by atoms with van der Waals surface area (Å²) in [4.78, 5) is 11.3. The molecule has 22 heavy (non-hydrogen) atoms. The summed E-state index contributed by atoms with van der Waals surface area (Å²) in [7, 11) is 0. The summed E-state index contributed by atoms with van der Waals surface area (Å²) in [5, 5.41) is 1.76. The molecule has 122 valence electrons. The monoisotopic (exact) mass is 317 g/mol. The molecule has 1 rings (SSSR count). The minimum atomic E-state index is -4.43. The van der Waals surface area contributed by atoms with Crippen molar-refractivity contribution in [2.24, 2.45) is 0 Å². The molecule has 1 aromatic rings. The van der Waals surface area contributed by atoms with Gasteiger partial charge >= 0.3 is 6.18 Å². The third-order valence-electron chi connectivity index (χ3n) is 2.46. The van der Waals surface area contributed by atoms with Crippen LogP contribution in [-0.4, -0.2) is 31.8 Å². The van der Waals surface area contributed by atoms with Crippen LogP contribution in [0.4, 0.5) is 13.2 Å². The third kappa shape index (κ3) is 6.51.